The zero-order valence-corrected chi connectivity index (χ0v) is 13.9. The van der Waals surface area contributed by atoms with Crippen molar-refractivity contribution in [2.45, 2.75) is 19.3 Å². The number of benzene rings is 1. The summed E-state index contributed by atoms with van der Waals surface area (Å²) >= 11 is 7.43. The molecule has 2 aromatic rings. The van der Waals surface area contributed by atoms with Crippen molar-refractivity contribution in [3.05, 3.63) is 58.6 Å². The third-order valence-corrected chi connectivity index (χ3v) is 5.21. The number of rotatable bonds is 4. The van der Waals surface area contributed by atoms with Crippen molar-refractivity contribution < 1.29 is 4.79 Å². The van der Waals surface area contributed by atoms with Gasteiger partial charge in [-0.2, -0.15) is 0 Å². The van der Waals surface area contributed by atoms with E-state index in [0.29, 0.717) is 0 Å². The van der Waals surface area contributed by atoms with Crippen LogP contribution in [0.4, 0.5) is 0 Å². The summed E-state index contributed by atoms with van der Waals surface area (Å²) in [7, 11) is 0. The largest absolute Gasteiger partial charge is 0.377 e. The average Bonchev–Trinajstić information content (AvgIpc) is 3.04. The molecule has 1 aromatic carbocycles. The Bertz CT molecular complexity index is 669. The SMILES string of the molecule is O=C(C=CN1CCCCC1)c1ccc(-c2ccc(Cl)cc2)s1. The number of hydrogen-bond donors (Lipinski definition) is 0. The van der Waals surface area contributed by atoms with Gasteiger partial charge in [0.25, 0.3) is 0 Å². The number of halogens is 1. The Kier molecular flexibility index (Phi) is 4.96. The molecule has 0 aliphatic carbocycles. The van der Waals surface area contributed by atoms with Gasteiger partial charge in [-0.1, -0.05) is 23.7 Å². The number of carbonyl (C=O) groups excluding carboxylic acids is 1. The first-order chi connectivity index (χ1) is 10.7. The number of piperidine rings is 1. The molecule has 0 amide bonds. The van der Waals surface area contributed by atoms with E-state index >= 15 is 0 Å². The molecule has 3 rings (SSSR count). The van der Waals surface area contributed by atoms with Crippen LogP contribution in [0.15, 0.2) is 48.7 Å². The molecule has 1 fully saturated rings. The fraction of sp³-hybridized carbons (Fsp3) is 0.278. The van der Waals surface area contributed by atoms with Gasteiger partial charge < -0.3 is 4.90 Å². The van der Waals surface area contributed by atoms with Gasteiger partial charge in [0.1, 0.15) is 0 Å². The molecule has 0 unspecified atom stereocenters. The summed E-state index contributed by atoms with van der Waals surface area (Å²) in [4.78, 5) is 16.4. The van der Waals surface area contributed by atoms with Gasteiger partial charge in [-0.25, -0.2) is 0 Å². The molecule has 1 aliphatic rings. The molecule has 0 spiro atoms. The summed E-state index contributed by atoms with van der Waals surface area (Å²) in [6.07, 6.45) is 7.39. The summed E-state index contributed by atoms with van der Waals surface area (Å²) in [5.41, 5.74) is 1.09. The van der Waals surface area contributed by atoms with Crippen LogP contribution in [-0.2, 0) is 0 Å². The summed E-state index contributed by atoms with van der Waals surface area (Å²) in [5, 5.41) is 0.723. The van der Waals surface area contributed by atoms with Crippen molar-refractivity contribution in [1.29, 1.82) is 0 Å². The summed E-state index contributed by atoms with van der Waals surface area (Å²) < 4.78 is 0. The highest BCUT2D eigenvalue weighted by Crippen LogP contribution is 2.29. The molecular formula is C18H18ClNOS. The lowest BCUT2D eigenvalue weighted by Crippen LogP contribution is -2.24. The van der Waals surface area contributed by atoms with Gasteiger partial charge in [-0.05, 0) is 49.1 Å². The van der Waals surface area contributed by atoms with Gasteiger partial charge in [-0.3, -0.25) is 4.79 Å². The van der Waals surface area contributed by atoms with Crippen molar-refractivity contribution in [2.75, 3.05) is 13.1 Å². The van der Waals surface area contributed by atoms with E-state index in [1.54, 1.807) is 6.08 Å². The topological polar surface area (TPSA) is 20.3 Å². The number of thiophene rings is 1. The molecule has 0 radical (unpaired) electrons. The van der Waals surface area contributed by atoms with E-state index in [4.69, 9.17) is 11.6 Å². The maximum Gasteiger partial charge on any atom is 0.197 e. The van der Waals surface area contributed by atoms with E-state index in [1.165, 1.54) is 30.6 Å². The van der Waals surface area contributed by atoms with Crippen LogP contribution in [0.1, 0.15) is 28.9 Å². The number of allylic oxidation sites excluding steroid dienone is 1. The Hall–Kier alpha value is -1.58. The zero-order valence-electron chi connectivity index (χ0n) is 12.3. The Balaban J connectivity index is 1.68. The molecule has 1 aliphatic heterocycles. The molecule has 1 aromatic heterocycles. The molecular weight excluding hydrogens is 314 g/mol. The first-order valence-corrected chi connectivity index (χ1v) is 8.74. The Morgan fingerprint density at radius 3 is 2.50 bits per heavy atom. The van der Waals surface area contributed by atoms with Gasteiger partial charge >= 0.3 is 0 Å². The second-order valence-corrected chi connectivity index (χ2v) is 6.97. The van der Waals surface area contributed by atoms with Crippen molar-refractivity contribution in [1.82, 2.24) is 4.90 Å². The van der Waals surface area contributed by atoms with Crippen molar-refractivity contribution >= 4 is 28.7 Å². The molecule has 0 bridgehead atoms. The van der Waals surface area contributed by atoms with Crippen molar-refractivity contribution in [3.8, 4) is 10.4 Å². The third kappa shape index (κ3) is 3.79. The minimum absolute atomic E-state index is 0.0794. The molecule has 114 valence electrons. The molecule has 22 heavy (non-hydrogen) atoms. The zero-order chi connectivity index (χ0) is 15.4. The second kappa shape index (κ2) is 7.12. The van der Waals surface area contributed by atoms with Crippen LogP contribution in [0.3, 0.4) is 0 Å². The Morgan fingerprint density at radius 1 is 1.05 bits per heavy atom. The maximum atomic E-state index is 12.3. The fourth-order valence-electron chi connectivity index (χ4n) is 2.56. The molecule has 4 heteroatoms. The van der Waals surface area contributed by atoms with Gasteiger partial charge in [0.2, 0.25) is 0 Å². The van der Waals surface area contributed by atoms with Gasteiger partial charge in [0, 0.05) is 35.3 Å². The number of carbonyl (C=O) groups is 1. The predicted molar refractivity (Wildman–Crippen MR) is 93.7 cm³/mol. The van der Waals surface area contributed by atoms with Crippen molar-refractivity contribution in [2.24, 2.45) is 0 Å². The molecule has 0 N–H and O–H groups in total. The van der Waals surface area contributed by atoms with E-state index in [-0.39, 0.29) is 5.78 Å². The van der Waals surface area contributed by atoms with Gasteiger partial charge in [-0.15, -0.1) is 11.3 Å². The van der Waals surface area contributed by atoms with Crippen LogP contribution in [0, 0.1) is 0 Å². The van der Waals surface area contributed by atoms with E-state index < -0.39 is 0 Å². The molecule has 0 atom stereocenters. The van der Waals surface area contributed by atoms with E-state index in [1.807, 2.05) is 42.6 Å². The Morgan fingerprint density at radius 2 is 1.77 bits per heavy atom. The third-order valence-electron chi connectivity index (χ3n) is 3.80. The standard InChI is InChI=1S/C18H18ClNOS/c19-15-6-4-14(5-7-15)17-8-9-18(22-17)16(21)10-13-20-11-2-1-3-12-20/h4-10,13H,1-3,11-12H2. The van der Waals surface area contributed by atoms with Crippen LogP contribution < -0.4 is 0 Å². The number of likely N-dealkylation sites (tertiary alicyclic amines) is 1. The van der Waals surface area contributed by atoms with Crippen LogP contribution in [-0.4, -0.2) is 23.8 Å². The molecule has 1 saturated heterocycles. The van der Waals surface area contributed by atoms with Crippen LogP contribution in [0.2, 0.25) is 5.02 Å². The summed E-state index contributed by atoms with van der Waals surface area (Å²) in [6, 6.07) is 11.6. The van der Waals surface area contributed by atoms with Gasteiger partial charge in [0.05, 0.1) is 4.88 Å². The monoisotopic (exact) mass is 331 g/mol. The highest BCUT2D eigenvalue weighted by molar-refractivity contribution is 7.17. The van der Waals surface area contributed by atoms with E-state index in [9.17, 15) is 4.79 Å². The first kappa shape index (κ1) is 15.3. The minimum atomic E-state index is 0.0794. The summed E-state index contributed by atoms with van der Waals surface area (Å²) in [5.74, 6) is 0.0794. The lowest BCUT2D eigenvalue weighted by molar-refractivity contribution is 0.104. The van der Waals surface area contributed by atoms with Crippen molar-refractivity contribution in [3.63, 3.8) is 0 Å². The molecule has 2 heterocycles. The second-order valence-electron chi connectivity index (χ2n) is 5.45. The molecule has 2 nitrogen and oxygen atoms in total. The molecule has 0 saturated carbocycles. The lowest BCUT2D eigenvalue weighted by Gasteiger charge is -2.24. The van der Waals surface area contributed by atoms with Crippen LogP contribution in [0.25, 0.3) is 10.4 Å². The highest BCUT2D eigenvalue weighted by Gasteiger charge is 2.10. The van der Waals surface area contributed by atoms with Gasteiger partial charge in [0.15, 0.2) is 5.78 Å². The minimum Gasteiger partial charge on any atom is -0.377 e. The highest BCUT2D eigenvalue weighted by atomic mass is 35.5. The Labute approximate surface area is 140 Å². The number of nitrogens with zero attached hydrogens (tertiary/aromatic N) is 1. The smallest absolute Gasteiger partial charge is 0.197 e. The average molecular weight is 332 g/mol. The fourth-order valence-corrected chi connectivity index (χ4v) is 3.62. The quantitative estimate of drug-likeness (QED) is 0.563. The first-order valence-electron chi connectivity index (χ1n) is 7.55. The number of ketones is 1. The normalized spacial score (nSPS) is 15.4. The van der Waals surface area contributed by atoms with E-state index in [0.717, 1.165) is 33.4 Å². The summed E-state index contributed by atoms with van der Waals surface area (Å²) in [6.45, 7) is 2.12. The van der Waals surface area contributed by atoms with Crippen LogP contribution >= 0.6 is 22.9 Å². The predicted octanol–water partition coefficient (Wildman–Crippen LogP) is 5.25. The van der Waals surface area contributed by atoms with E-state index in [2.05, 4.69) is 4.90 Å². The lowest BCUT2D eigenvalue weighted by atomic mass is 10.1. The maximum absolute atomic E-state index is 12.3. The van der Waals surface area contributed by atoms with Crippen LogP contribution in [0.5, 0.6) is 0 Å². The number of hydrogen-bond acceptors (Lipinski definition) is 3.